The van der Waals surface area contributed by atoms with E-state index in [1.165, 1.54) is 0 Å². The van der Waals surface area contributed by atoms with Gasteiger partial charge in [-0.1, -0.05) is 19.9 Å². The minimum Gasteiger partial charge on any atom is -0.383 e. The highest BCUT2D eigenvalue weighted by Crippen LogP contribution is 2.09. The molecule has 1 amide bonds. The Morgan fingerprint density at radius 1 is 1.45 bits per heavy atom. The van der Waals surface area contributed by atoms with E-state index in [9.17, 15) is 4.79 Å². The van der Waals surface area contributed by atoms with E-state index in [1.54, 1.807) is 18.1 Å². The number of nitrogens with one attached hydrogen (secondary N) is 1. The molecule has 0 unspecified atom stereocenters. The van der Waals surface area contributed by atoms with Crippen LogP contribution in [-0.2, 0) is 4.74 Å². The van der Waals surface area contributed by atoms with Crippen LogP contribution in [0.2, 0.25) is 0 Å². The number of hydrogen-bond acceptors (Lipinski definition) is 4. The summed E-state index contributed by atoms with van der Waals surface area (Å²) >= 11 is 0. The number of anilines is 1. The maximum Gasteiger partial charge on any atom is 0.272 e. The van der Waals surface area contributed by atoms with Gasteiger partial charge in [-0.05, 0) is 25.0 Å². The summed E-state index contributed by atoms with van der Waals surface area (Å²) in [5.74, 6) is 1.10. The number of carbonyl (C=O) groups excluding carboxylic acids is 1. The second-order valence-corrected chi connectivity index (χ2v) is 5.08. The van der Waals surface area contributed by atoms with Crippen molar-refractivity contribution in [3.05, 3.63) is 23.9 Å². The minimum atomic E-state index is -0.0458. The summed E-state index contributed by atoms with van der Waals surface area (Å²) < 4.78 is 5.08. The quantitative estimate of drug-likeness (QED) is 0.793. The SMILES string of the molecule is CCNc1cccc(C(=O)N(CCOC)CC(C)C)n1. The van der Waals surface area contributed by atoms with E-state index in [0.717, 1.165) is 12.4 Å². The lowest BCUT2D eigenvalue weighted by molar-refractivity contribution is 0.0666. The number of carbonyl (C=O) groups is 1. The van der Waals surface area contributed by atoms with Gasteiger partial charge < -0.3 is 15.0 Å². The minimum absolute atomic E-state index is 0.0458. The highest BCUT2D eigenvalue weighted by atomic mass is 16.5. The first-order valence-electron chi connectivity index (χ1n) is 7.07. The molecule has 112 valence electrons. The van der Waals surface area contributed by atoms with Crippen molar-refractivity contribution in [2.45, 2.75) is 20.8 Å². The molecule has 1 rings (SSSR count). The molecule has 0 aliphatic rings. The molecular weight excluding hydrogens is 254 g/mol. The number of amides is 1. The number of rotatable bonds is 8. The molecule has 0 saturated carbocycles. The van der Waals surface area contributed by atoms with E-state index in [0.29, 0.717) is 31.3 Å². The fourth-order valence-corrected chi connectivity index (χ4v) is 1.91. The Balaban J connectivity index is 2.84. The first-order chi connectivity index (χ1) is 9.58. The first kappa shape index (κ1) is 16.4. The number of ether oxygens (including phenoxy) is 1. The summed E-state index contributed by atoms with van der Waals surface area (Å²) in [4.78, 5) is 18.7. The largest absolute Gasteiger partial charge is 0.383 e. The van der Waals surface area contributed by atoms with Crippen LogP contribution in [0.3, 0.4) is 0 Å². The molecule has 5 heteroatoms. The van der Waals surface area contributed by atoms with Gasteiger partial charge in [-0.3, -0.25) is 4.79 Å². The summed E-state index contributed by atoms with van der Waals surface area (Å²) in [5, 5.41) is 3.12. The van der Waals surface area contributed by atoms with E-state index >= 15 is 0 Å². The van der Waals surface area contributed by atoms with Gasteiger partial charge in [-0.2, -0.15) is 0 Å². The molecule has 1 aromatic rings. The Morgan fingerprint density at radius 2 is 2.20 bits per heavy atom. The van der Waals surface area contributed by atoms with Crippen LogP contribution in [0.25, 0.3) is 0 Å². The van der Waals surface area contributed by atoms with Gasteiger partial charge in [0.15, 0.2) is 0 Å². The van der Waals surface area contributed by atoms with Gasteiger partial charge in [-0.15, -0.1) is 0 Å². The topological polar surface area (TPSA) is 54.5 Å². The molecule has 5 nitrogen and oxygen atoms in total. The molecule has 0 fully saturated rings. The molecule has 0 radical (unpaired) electrons. The fraction of sp³-hybridized carbons (Fsp3) is 0.600. The lowest BCUT2D eigenvalue weighted by Crippen LogP contribution is -2.37. The van der Waals surface area contributed by atoms with Crippen LogP contribution in [0.4, 0.5) is 5.82 Å². The number of methoxy groups -OCH3 is 1. The standard InChI is InChI=1S/C15H25N3O2/c1-5-16-14-8-6-7-13(17-14)15(19)18(9-10-20-4)11-12(2)3/h6-8,12H,5,9-11H2,1-4H3,(H,16,17). The molecule has 1 aromatic heterocycles. The van der Waals surface area contributed by atoms with Crippen molar-refractivity contribution >= 4 is 11.7 Å². The summed E-state index contributed by atoms with van der Waals surface area (Å²) in [6, 6.07) is 5.47. The molecule has 20 heavy (non-hydrogen) atoms. The van der Waals surface area contributed by atoms with Crippen molar-refractivity contribution < 1.29 is 9.53 Å². The van der Waals surface area contributed by atoms with Crippen molar-refractivity contribution in [2.24, 2.45) is 5.92 Å². The van der Waals surface area contributed by atoms with Gasteiger partial charge in [0.1, 0.15) is 11.5 Å². The lowest BCUT2D eigenvalue weighted by atomic mass is 10.2. The van der Waals surface area contributed by atoms with E-state index < -0.39 is 0 Å². The molecular formula is C15H25N3O2. The van der Waals surface area contributed by atoms with Gasteiger partial charge in [0.05, 0.1) is 6.61 Å². The maximum absolute atomic E-state index is 12.5. The Morgan fingerprint density at radius 3 is 2.80 bits per heavy atom. The van der Waals surface area contributed by atoms with Crippen LogP contribution in [0.5, 0.6) is 0 Å². The number of nitrogens with zero attached hydrogens (tertiary/aromatic N) is 2. The number of hydrogen-bond donors (Lipinski definition) is 1. The van der Waals surface area contributed by atoms with Crippen LogP contribution in [-0.4, -0.2) is 49.1 Å². The maximum atomic E-state index is 12.5. The van der Waals surface area contributed by atoms with Crippen LogP contribution < -0.4 is 5.32 Å². The Kier molecular flexibility index (Phi) is 7.01. The summed E-state index contributed by atoms with van der Waals surface area (Å²) in [6.07, 6.45) is 0. The van der Waals surface area contributed by atoms with Crippen LogP contribution >= 0.6 is 0 Å². The van der Waals surface area contributed by atoms with Gasteiger partial charge in [-0.25, -0.2) is 4.98 Å². The average molecular weight is 279 g/mol. The molecule has 0 spiro atoms. The zero-order chi connectivity index (χ0) is 15.0. The van der Waals surface area contributed by atoms with Crippen LogP contribution in [0.15, 0.2) is 18.2 Å². The molecule has 1 N–H and O–H groups in total. The number of aromatic nitrogens is 1. The predicted octanol–water partition coefficient (Wildman–Crippen LogP) is 2.26. The van der Waals surface area contributed by atoms with Crippen molar-refractivity contribution in [1.29, 1.82) is 0 Å². The lowest BCUT2D eigenvalue weighted by Gasteiger charge is -2.24. The molecule has 1 heterocycles. The second kappa shape index (κ2) is 8.53. The molecule has 0 bridgehead atoms. The molecule has 0 aliphatic heterocycles. The Bertz CT molecular complexity index is 421. The number of pyridine rings is 1. The van der Waals surface area contributed by atoms with Crippen LogP contribution in [0.1, 0.15) is 31.3 Å². The van der Waals surface area contributed by atoms with Crippen molar-refractivity contribution in [3.63, 3.8) is 0 Å². The molecule has 0 aliphatic carbocycles. The summed E-state index contributed by atoms with van der Waals surface area (Å²) in [6.45, 7) is 8.79. The third-order valence-corrected chi connectivity index (χ3v) is 2.76. The molecule has 0 atom stereocenters. The third kappa shape index (κ3) is 5.17. The van der Waals surface area contributed by atoms with E-state index in [-0.39, 0.29) is 5.91 Å². The summed E-state index contributed by atoms with van der Waals surface area (Å²) in [7, 11) is 1.64. The second-order valence-electron chi connectivity index (χ2n) is 5.08. The normalized spacial score (nSPS) is 10.7. The molecule has 0 saturated heterocycles. The van der Waals surface area contributed by atoms with Crippen molar-refractivity contribution in [1.82, 2.24) is 9.88 Å². The monoisotopic (exact) mass is 279 g/mol. The fourth-order valence-electron chi connectivity index (χ4n) is 1.91. The van der Waals surface area contributed by atoms with Crippen molar-refractivity contribution in [3.8, 4) is 0 Å². The third-order valence-electron chi connectivity index (χ3n) is 2.76. The highest BCUT2D eigenvalue weighted by Gasteiger charge is 2.18. The van der Waals surface area contributed by atoms with Gasteiger partial charge in [0.25, 0.3) is 5.91 Å². The van der Waals surface area contributed by atoms with Crippen LogP contribution in [0, 0.1) is 5.92 Å². The predicted molar refractivity (Wildman–Crippen MR) is 81.0 cm³/mol. The highest BCUT2D eigenvalue weighted by molar-refractivity contribution is 5.92. The Labute approximate surface area is 121 Å². The molecule has 0 aromatic carbocycles. The summed E-state index contributed by atoms with van der Waals surface area (Å²) in [5.41, 5.74) is 0.472. The van der Waals surface area contributed by atoms with Gasteiger partial charge in [0.2, 0.25) is 0 Å². The average Bonchev–Trinajstić information content (AvgIpc) is 2.43. The van der Waals surface area contributed by atoms with E-state index in [1.807, 2.05) is 19.1 Å². The van der Waals surface area contributed by atoms with E-state index in [2.05, 4.69) is 24.1 Å². The van der Waals surface area contributed by atoms with E-state index in [4.69, 9.17) is 4.74 Å². The van der Waals surface area contributed by atoms with Crippen molar-refractivity contribution in [2.75, 3.05) is 38.7 Å². The van der Waals surface area contributed by atoms with Gasteiger partial charge >= 0.3 is 0 Å². The smallest absolute Gasteiger partial charge is 0.272 e. The zero-order valence-corrected chi connectivity index (χ0v) is 12.8. The first-order valence-corrected chi connectivity index (χ1v) is 7.07. The van der Waals surface area contributed by atoms with Gasteiger partial charge in [0, 0.05) is 26.7 Å². The Hall–Kier alpha value is -1.62. The zero-order valence-electron chi connectivity index (χ0n) is 12.8.